The smallest absolute Gasteiger partial charge is 0.391 e. The van der Waals surface area contributed by atoms with Gasteiger partial charge in [-0.1, -0.05) is 12.1 Å². The normalized spacial score (nSPS) is 18.8. The zero-order valence-corrected chi connectivity index (χ0v) is 17.8. The van der Waals surface area contributed by atoms with Crippen molar-refractivity contribution in [3.63, 3.8) is 0 Å². The number of benzene rings is 2. The van der Waals surface area contributed by atoms with Gasteiger partial charge in [0.05, 0.1) is 11.5 Å². The van der Waals surface area contributed by atoms with Crippen LogP contribution in [-0.4, -0.2) is 24.2 Å². The van der Waals surface area contributed by atoms with Crippen LogP contribution in [0.1, 0.15) is 47.2 Å². The lowest BCUT2D eigenvalue weighted by atomic mass is 9.87. The molecule has 0 atom stereocenters. The van der Waals surface area contributed by atoms with Gasteiger partial charge in [-0.2, -0.15) is 13.2 Å². The van der Waals surface area contributed by atoms with E-state index in [-0.39, 0.29) is 37.9 Å². The lowest BCUT2D eigenvalue weighted by Crippen LogP contribution is -2.31. The summed E-state index contributed by atoms with van der Waals surface area (Å²) in [7, 11) is 0. The van der Waals surface area contributed by atoms with Crippen LogP contribution < -0.4 is 11.5 Å². The summed E-state index contributed by atoms with van der Waals surface area (Å²) in [5, 5.41) is 0. The Balaban J connectivity index is 1.46. The van der Waals surface area contributed by atoms with Gasteiger partial charge in [0.2, 0.25) is 0 Å². The number of esters is 2. The molecule has 1 aliphatic rings. The number of alkyl halides is 3. The maximum Gasteiger partial charge on any atom is 0.391 e. The maximum absolute atomic E-state index is 12.7. The van der Waals surface area contributed by atoms with Gasteiger partial charge in [-0.25, -0.2) is 9.59 Å². The number of carbonyl (C=O) groups is 2. The molecule has 0 aromatic heterocycles. The number of halogens is 3. The molecule has 1 aliphatic carbocycles. The Bertz CT molecular complexity index is 991. The lowest BCUT2D eigenvalue weighted by molar-refractivity contribution is -0.185. The van der Waals surface area contributed by atoms with Gasteiger partial charge >= 0.3 is 18.1 Å². The standard InChI is InChI=1S/C24H25F3N2O4/c25-24(26,27)18-6-8-21(9-7-18)33-23(31)17-4-1-15(2-5-17)3-10-22(30)32-14-16-11-19(28)13-20(29)12-16/h1-5,10-13,18,21H,6-9,14,28-29H2/b10-3+. The highest BCUT2D eigenvalue weighted by Gasteiger charge is 2.42. The SMILES string of the molecule is Nc1cc(N)cc(COC(=O)/C=C/c2ccc(C(=O)OC3CCC(C(F)(F)F)CC3)cc2)c1. The van der Waals surface area contributed by atoms with Crippen LogP contribution in [0, 0.1) is 5.92 Å². The van der Waals surface area contributed by atoms with Gasteiger partial charge in [-0.05, 0) is 73.2 Å². The van der Waals surface area contributed by atoms with Crippen molar-refractivity contribution in [2.24, 2.45) is 5.92 Å². The average molecular weight is 462 g/mol. The molecule has 0 unspecified atom stereocenters. The van der Waals surface area contributed by atoms with Crippen LogP contribution in [0.5, 0.6) is 0 Å². The Morgan fingerprint density at radius 3 is 2.15 bits per heavy atom. The molecule has 0 saturated heterocycles. The second-order valence-electron chi connectivity index (χ2n) is 7.99. The number of nitrogen functional groups attached to an aromatic ring is 2. The molecule has 1 saturated carbocycles. The Morgan fingerprint density at radius 1 is 0.970 bits per heavy atom. The monoisotopic (exact) mass is 462 g/mol. The second-order valence-corrected chi connectivity index (χ2v) is 7.99. The average Bonchev–Trinajstić information content (AvgIpc) is 2.75. The summed E-state index contributed by atoms with van der Waals surface area (Å²) in [5.41, 5.74) is 14.0. The van der Waals surface area contributed by atoms with Crippen molar-refractivity contribution in [3.05, 3.63) is 65.2 Å². The minimum absolute atomic E-state index is 0.0219. The molecule has 2 aromatic rings. The molecule has 0 spiro atoms. The van der Waals surface area contributed by atoms with Crippen molar-refractivity contribution in [1.82, 2.24) is 0 Å². The van der Waals surface area contributed by atoms with Crippen molar-refractivity contribution >= 4 is 29.4 Å². The van der Waals surface area contributed by atoms with Crippen LogP contribution in [-0.2, 0) is 20.9 Å². The Morgan fingerprint density at radius 2 is 1.58 bits per heavy atom. The van der Waals surface area contributed by atoms with Crippen LogP contribution in [0.3, 0.4) is 0 Å². The maximum atomic E-state index is 12.7. The summed E-state index contributed by atoms with van der Waals surface area (Å²) < 4.78 is 48.7. The lowest BCUT2D eigenvalue weighted by Gasteiger charge is -2.29. The van der Waals surface area contributed by atoms with Crippen LogP contribution in [0.15, 0.2) is 48.5 Å². The summed E-state index contributed by atoms with van der Waals surface area (Å²) in [6.07, 6.45) is -1.61. The van der Waals surface area contributed by atoms with Gasteiger partial charge in [0.15, 0.2) is 0 Å². The van der Waals surface area contributed by atoms with Gasteiger partial charge < -0.3 is 20.9 Å². The highest BCUT2D eigenvalue weighted by atomic mass is 19.4. The van der Waals surface area contributed by atoms with Gasteiger partial charge in [0.25, 0.3) is 0 Å². The zero-order chi connectivity index (χ0) is 24.0. The third-order valence-corrected chi connectivity index (χ3v) is 5.39. The van der Waals surface area contributed by atoms with E-state index < -0.39 is 30.1 Å². The molecule has 0 heterocycles. The minimum Gasteiger partial charge on any atom is -0.459 e. The summed E-state index contributed by atoms with van der Waals surface area (Å²) in [6, 6.07) is 11.2. The van der Waals surface area contributed by atoms with Gasteiger partial charge in [0.1, 0.15) is 12.7 Å². The quantitative estimate of drug-likeness (QED) is 0.360. The molecule has 0 aliphatic heterocycles. The van der Waals surface area contributed by atoms with E-state index in [1.54, 1.807) is 30.3 Å². The first-order valence-corrected chi connectivity index (χ1v) is 10.5. The molecule has 0 amide bonds. The molecule has 1 fully saturated rings. The highest BCUT2D eigenvalue weighted by Crippen LogP contribution is 2.38. The van der Waals surface area contributed by atoms with Crippen molar-refractivity contribution in [1.29, 1.82) is 0 Å². The van der Waals surface area contributed by atoms with E-state index in [1.807, 2.05) is 0 Å². The summed E-state index contributed by atoms with van der Waals surface area (Å²) in [6.45, 7) is 0.0219. The number of carbonyl (C=O) groups excluding carboxylic acids is 2. The zero-order valence-electron chi connectivity index (χ0n) is 17.8. The van der Waals surface area contributed by atoms with Crippen LogP contribution in [0.4, 0.5) is 24.5 Å². The van der Waals surface area contributed by atoms with Gasteiger partial charge in [-0.15, -0.1) is 0 Å². The molecule has 4 N–H and O–H groups in total. The summed E-state index contributed by atoms with van der Waals surface area (Å²) in [5.74, 6) is -2.47. The van der Waals surface area contributed by atoms with Crippen molar-refractivity contribution in [3.8, 4) is 0 Å². The fourth-order valence-corrected chi connectivity index (χ4v) is 3.65. The number of anilines is 2. The summed E-state index contributed by atoms with van der Waals surface area (Å²) >= 11 is 0. The molecular weight excluding hydrogens is 437 g/mol. The first-order valence-electron chi connectivity index (χ1n) is 10.5. The highest BCUT2D eigenvalue weighted by molar-refractivity contribution is 5.90. The molecule has 6 nitrogen and oxygen atoms in total. The topological polar surface area (TPSA) is 105 Å². The van der Waals surface area contributed by atoms with Gasteiger partial charge in [0, 0.05) is 17.5 Å². The first kappa shape index (κ1) is 24.2. The molecule has 0 radical (unpaired) electrons. The van der Waals surface area contributed by atoms with Crippen molar-refractivity contribution < 1.29 is 32.2 Å². The van der Waals surface area contributed by atoms with E-state index in [1.165, 1.54) is 24.3 Å². The van der Waals surface area contributed by atoms with Crippen molar-refractivity contribution in [2.75, 3.05) is 11.5 Å². The number of ether oxygens (including phenoxy) is 2. The number of nitrogens with two attached hydrogens (primary N) is 2. The van der Waals surface area contributed by atoms with Crippen molar-refractivity contribution in [2.45, 2.75) is 44.6 Å². The minimum atomic E-state index is -4.20. The molecule has 2 aromatic carbocycles. The first-order chi connectivity index (χ1) is 15.6. The summed E-state index contributed by atoms with van der Waals surface area (Å²) in [4.78, 5) is 24.2. The predicted molar refractivity (Wildman–Crippen MR) is 118 cm³/mol. The van der Waals surface area contributed by atoms with E-state index in [0.717, 1.165) is 0 Å². The molecule has 9 heteroatoms. The molecule has 176 valence electrons. The van der Waals surface area contributed by atoms with E-state index in [2.05, 4.69) is 0 Å². The molecular formula is C24H25F3N2O4. The third kappa shape index (κ3) is 7.27. The number of hydrogen-bond acceptors (Lipinski definition) is 6. The third-order valence-electron chi connectivity index (χ3n) is 5.39. The second kappa shape index (κ2) is 10.4. The number of hydrogen-bond donors (Lipinski definition) is 2. The fraction of sp³-hybridized carbons (Fsp3) is 0.333. The fourth-order valence-electron chi connectivity index (χ4n) is 3.65. The Kier molecular flexibility index (Phi) is 7.63. The van der Waals surface area contributed by atoms with Crippen LogP contribution >= 0.6 is 0 Å². The van der Waals surface area contributed by atoms with E-state index in [0.29, 0.717) is 22.5 Å². The van der Waals surface area contributed by atoms with Gasteiger partial charge in [-0.3, -0.25) is 0 Å². The van der Waals surface area contributed by atoms with Crippen LogP contribution in [0.2, 0.25) is 0 Å². The van der Waals surface area contributed by atoms with E-state index in [4.69, 9.17) is 20.9 Å². The largest absolute Gasteiger partial charge is 0.459 e. The Labute approximate surface area is 189 Å². The number of rotatable bonds is 6. The molecule has 0 bridgehead atoms. The van der Waals surface area contributed by atoms with Crippen LogP contribution in [0.25, 0.3) is 6.08 Å². The van der Waals surface area contributed by atoms with E-state index in [9.17, 15) is 22.8 Å². The Hall–Kier alpha value is -3.49. The molecule has 33 heavy (non-hydrogen) atoms. The predicted octanol–water partition coefficient (Wildman–Crippen LogP) is 4.89. The van der Waals surface area contributed by atoms with E-state index >= 15 is 0 Å². The molecule has 3 rings (SSSR count).